The average molecular weight is 242 g/mol. The molecule has 0 amide bonds. The summed E-state index contributed by atoms with van der Waals surface area (Å²) in [5, 5.41) is 13.5. The van der Waals surface area contributed by atoms with Crippen LogP contribution < -0.4 is 0 Å². The van der Waals surface area contributed by atoms with Gasteiger partial charge in [0, 0.05) is 17.8 Å². The van der Waals surface area contributed by atoms with Crippen molar-refractivity contribution in [3.63, 3.8) is 0 Å². The number of carbonyl (C=O) groups is 1. The van der Waals surface area contributed by atoms with Crippen LogP contribution in [0.3, 0.4) is 0 Å². The third-order valence-electron chi connectivity index (χ3n) is 3.46. The van der Waals surface area contributed by atoms with E-state index in [1.807, 2.05) is 35.9 Å². The molecule has 0 spiro atoms. The van der Waals surface area contributed by atoms with Gasteiger partial charge in [0.15, 0.2) is 5.69 Å². The van der Waals surface area contributed by atoms with E-state index in [4.69, 9.17) is 0 Å². The number of hydrogen-bond acceptors (Lipinski definition) is 2. The molecule has 0 saturated heterocycles. The first-order valence-electron chi connectivity index (χ1n) is 6.07. The molecule has 0 bridgehead atoms. The Balaban J connectivity index is 2.28. The minimum atomic E-state index is -0.949. The molecule has 3 rings (SSSR count). The Morgan fingerprint density at radius 1 is 1.39 bits per heavy atom. The van der Waals surface area contributed by atoms with Gasteiger partial charge in [-0.3, -0.25) is 4.68 Å². The van der Waals surface area contributed by atoms with Crippen molar-refractivity contribution < 1.29 is 9.90 Å². The second kappa shape index (κ2) is 3.98. The molecule has 18 heavy (non-hydrogen) atoms. The lowest BCUT2D eigenvalue weighted by atomic mass is 9.97. The van der Waals surface area contributed by atoms with Crippen molar-refractivity contribution in [2.24, 2.45) is 0 Å². The summed E-state index contributed by atoms with van der Waals surface area (Å²) in [6, 6.07) is 7.87. The summed E-state index contributed by atoms with van der Waals surface area (Å²) in [5.41, 5.74) is 4.11. The van der Waals surface area contributed by atoms with Gasteiger partial charge in [-0.15, -0.1) is 0 Å². The molecule has 0 unspecified atom stereocenters. The Labute approximate surface area is 105 Å². The minimum Gasteiger partial charge on any atom is -0.476 e. The van der Waals surface area contributed by atoms with Crippen LogP contribution in [0.2, 0.25) is 0 Å². The van der Waals surface area contributed by atoms with Crippen LogP contribution in [0.25, 0.3) is 11.1 Å². The maximum atomic E-state index is 11.3. The van der Waals surface area contributed by atoms with Crippen LogP contribution >= 0.6 is 0 Å². The molecule has 1 aliphatic rings. The van der Waals surface area contributed by atoms with E-state index in [1.54, 1.807) is 0 Å². The van der Waals surface area contributed by atoms with Gasteiger partial charge in [0.1, 0.15) is 0 Å². The molecule has 2 heterocycles. The number of rotatable bonds is 2. The van der Waals surface area contributed by atoms with Crippen LogP contribution in [0.5, 0.6) is 0 Å². The summed E-state index contributed by atoms with van der Waals surface area (Å²) in [4.78, 5) is 11.3. The molecule has 0 atom stereocenters. The van der Waals surface area contributed by atoms with Gasteiger partial charge in [0.2, 0.25) is 0 Å². The van der Waals surface area contributed by atoms with Gasteiger partial charge >= 0.3 is 5.97 Å². The van der Waals surface area contributed by atoms with Gasteiger partial charge in [-0.05, 0) is 30.9 Å². The van der Waals surface area contributed by atoms with E-state index < -0.39 is 5.97 Å². The van der Waals surface area contributed by atoms with Gasteiger partial charge in [-0.25, -0.2) is 4.79 Å². The number of nitrogens with zero attached hydrogens (tertiary/aromatic N) is 2. The first-order valence-corrected chi connectivity index (χ1v) is 6.07. The second-order valence-corrected chi connectivity index (χ2v) is 4.62. The largest absolute Gasteiger partial charge is 0.476 e. The minimum absolute atomic E-state index is 0.180. The van der Waals surface area contributed by atoms with Crippen molar-refractivity contribution in [1.29, 1.82) is 0 Å². The summed E-state index contributed by atoms with van der Waals surface area (Å²) in [6.45, 7) is 2.82. The third kappa shape index (κ3) is 1.53. The molecule has 1 N–H and O–H groups in total. The van der Waals surface area contributed by atoms with Gasteiger partial charge in [0.25, 0.3) is 0 Å². The summed E-state index contributed by atoms with van der Waals surface area (Å²) < 4.78 is 1.84. The zero-order valence-corrected chi connectivity index (χ0v) is 10.2. The molecule has 0 radical (unpaired) electrons. The Bertz CT molecular complexity index is 629. The fourth-order valence-corrected chi connectivity index (χ4v) is 2.62. The van der Waals surface area contributed by atoms with E-state index in [-0.39, 0.29) is 5.69 Å². The smallest absolute Gasteiger partial charge is 0.357 e. The summed E-state index contributed by atoms with van der Waals surface area (Å²) >= 11 is 0. The molecule has 4 heteroatoms. The first-order chi connectivity index (χ1) is 8.68. The van der Waals surface area contributed by atoms with E-state index in [1.165, 1.54) is 0 Å². The highest BCUT2D eigenvalue weighted by atomic mass is 16.4. The molecule has 0 saturated carbocycles. The van der Waals surface area contributed by atoms with Gasteiger partial charge in [-0.2, -0.15) is 5.10 Å². The van der Waals surface area contributed by atoms with Gasteiger partial charge < -0.3 is 5.11 Å². The van der Waals surface area contributed by atoms with Crippen molar-refractivity contribution >= 4 is 5.97 Å². The van der Waals surface area contributed by atoms with Gasteiger partial charge in [0.05, 0.1) is 0 Å². The average Bonchev–Trinajstić information content (AvgIpc) is 2.89. The zero-order chi connectivity index (χ0) is 12.7. The molecule has 0 aliphatic carbocycles. The van der Waals surface area contributed by atoms with E-state index >= 15 is 0 Å². The topological polar surface area (TPSA) is 55.1 Å². The number of carboxylic acids is 1. The van der Waals surface area contributed by atoms with Crippen molar-refractivity contribution in [2.75, 3.05) is 0 Å². The van der Waals surface area contributed by atoms with E-state index in [0.717, 1.165) is 41.8 Å². The fraction of sp³-hybridized carbons (Fsp3) is 0.286. The second-order valence-electron chi connectivity index (χ2n) is 4.62. The standard InChI is InChI=1S/C14H14N2O2/c1-9-5-2-3-6-10(9)12-11-7-4-8-16(11)15-13(12)14(17)18/h2-3,5-6H,4,7-8H2,1H3,(H,17,18). The predicted molar refractivity (Wildman–Crippen MR) is 67.7 cm³/mol. The highest BCUT2D eigenvalue weighted by molar-refractivity contribution is 5.95. The van der Waals surface area contributed by atoms with Crippen LogP contribution in [0.4, 0.5) is 0 Å². The fourth-order valence-electron chi connectivity index (χ4n) is 2.62. The molecule has 1 aromatic carbocycles. The molecule has 1 aliphatic heterocycles. The maximum absolute atomic E-state index is 11.3. The number of aryl methyl sites for hydroxylation is 2. The first kappa shape index (κ1) is 11.0. The van der Waals surface area contributed by atoms with Crippen LogP contribution in [-0.4, -0.2) is 20.9 Å². The lowest BCUT2D eigenvalue weighted by Gasteiger charge is -2.06. The number of hydrogen-bond donors (Lipinski definition) is 1. The molecule has 2 aromatic rings. The van der Waals surface area contributed by atoms with E-state index in [0.29, 0.717) is 0 Å². The van der Waals surface area contributed by atoms with Crippen molar-refractivity contribution in [2.45, 2.75) is 26.3 Å². The van der Waals surface area contributed by atoms with Crippen molar-refractivity contribution in [1.82, 2.24) is 9.78 Å². The van der Waals surface area contributed by atoms with Crippen molar-refractivity contribution in [3.8, 4) is 11.1 Å². The molecule has 92 valence electrons. The third-order valence-corrected chi connectivity index (χ3v) is 3.46. The van der Waals surface area contributed by atoms with E-state index in [9.17, 15) is 9.90 Å². The Morgan fingerprint density at radius 3 is 2.89 bits per heavy atom. The Kier molecular flexibility index (Phi) is 2.44. The monoisotopic (exact) mass is 242 g/mol. The summed E-state index contributed by atoms with van der Waals surface area (Å²) in [7, 11) is 0. The highest BCUT2D eigenvalue weighted by Crippen LogP contribution is 2.33. The molecule has 0 fully saturated rings. The molecular formula is C14H14N2O2. The van der Waals surface area contributed by atoms with Gasteiger partial charge in [-0.1, -0.05) is 24.3 Å². The number of benzene rings is 1. The molecule has 1 aromatic heterocycles. The number of aromatic nitrogens is 2. The SMILES string of the molecule is Cc1ccccc1-c1c(C(=O)O)nn2c1CCC2. The Hall–Kier alpha value is -2.10. The normalized spacial score (nSPS) is 13.6. The number of aromatic carboxylic acids is 1. The van der Waals surface area contributed by atoms with Crippen LogP contribution in [0, 0.1) is 6.92 Å². The molecule has 4 nitrogen and oxygen atoms in total. The Morgan fingerprint density at radius 2 is 2.17 bits per heavy atom. The molecular weight excluding hydrogens is 228 g/mol. The zero-order valence-electron chi connectivity index (χ0n) is 10.2. The lowest BCUT2D eigenvalue weighted by molar-refractivity contribution is 0.0690. The summed E-state index contributed by atoms with van der Waals surface area (Å²) in [6.07, 6.45) is 1.95. The number of carboxylic acid groups (broad SMARTS) is 1. The summed E-state index contributed by atoms with van der Waals surface area (Å²) in [5.74, 6) is -0.949. The maximum Gasteiger partial charge on any atom is 0.357 e. The van der Waals surface area contributed by atoms with Crippen LogP contribution in [0.1, 0.15) is 28.2 Å². The lowest BCUT2D eigenvalue weighted by Crippen LogP contribution is -2.02. The quantitative estimate of drug-likeness (QED) is 0.880. The highest BCUT2D eigenvalue weighted by Gasteiger charge is 2.26. The van der Waals surface area contributed by atoms with Crippen LogP contribution in [0.15, 0.2) is 24.3 Å². The predicted octanol–water partition coefficient (Wildman–Crippen LogP) is 2.50. The number of fused-ring (bicyclic) bond motifs is 1. The van der Waals surface area contributed by atoms with Crippen molar-refractivity contribution in [3.05, 3.63) is 41.2 Å². The van der Waals surface area contributed by atoms with E-state index in [2.05, 4.69) is 5.10 Å². The van der Waals surface area contributed by atoms with Crippen LogP contribution in [-0.2, 0) is 13.0 Å².